The summed E-state index contributed by atoms with van der Waals surface area (Å²) >= 11 is 0. The molecule has 0 aliphatic rings. The lowest BCUT2D eigenvalue weighted by atomic mass is 10.1. The van der Waals surface area contributed by atoms with Crippen LogP contribution in [-0.2, 0) is 11.3 Å². The van der Waals surface area contributed by atoms with E-state index in [0.29, 0.717) is 5.76 Å². The summed E-state index contributed by atoms with van der Waals surface area (Å²) < 4.78 is 5.10. The Labute approximate surface area is 108 Å². The van der Waals surface area contributed by atoms with E-state index in [1.807, 2.05) is 30.3 Å². The van der Waals surface area contributed by atoms with E-state index in [1.54, 1.807) is 7.11 Å². The van der Waals surface area contributed by atoms with Gasteiger partial charge in [0.15, 0.2) is 0 Å². The summed E-state index contributed by atoms with van der Waals surface area (Å²) in [4.78, 5) is 0. The highest BCUT2D eigenvalue weighted by Gasteiger charge is 1.98. The smallest absolute Gasteiger partial charge is 0.118 e. The lowest BCUT2D eigenvalue weighted by Gasteiger charge is -2.08. The van der Waals surface area contributed by atoms with E-state index in [1.165, 1.54) is 5.56 Å². The molecule has 0 aromatic heterocycles. The summed E-state index contributed by atoms with van der Waals surface area (Å²) in [6.45, 7) is 4.64. The second-order valence-corrected chi connectivity index (χ2v) is 4.04. The van der Waals surface area contributed by atoms with Gasteiger partial charge in [-0.05, 0) is 17.7 Å². The maximum Gasteiger partial charge on any atom is 0.118 e. The molecule has 0 aliphatic carbocycles. The topological polar surface area (TPSA) is 21.3 Å². The average Bonchev–Trinajstić information content (AvgIpc) is 2.46. The van der Waals surface area contributed by atoms with Crippen LogP contribution in [0, 0.1) is 0 Å². The van der Waals surface area contributed by atoms with Crippen LogP contribution in [-0.4, -0.2) is 7.11 Å². The Balaban J connectivity index is 1.97. The van der Waals surface area contributed by atoms with Crippen LogP contribution < -0.4 is 5.32 Å². The third-order valence-electron chi connectivity index (χ3n) is 2.79. The zero-order valence-electron chi connectivity index (χ0n) is 10.5. The molecule has 2 nitrogen and oxygen atoms in total. The molecule has 1 N–H and O–H groups in total. The van der Waals surface area contributed by atoms with E-state index in [-0.39, 0.29) is 0 Å². The van der Waals surface area contributed by atoms with Gasteiger partial charge in [0.2, 0.25) is 0 Å². The van der Waals surface area contributed by atoms with E-state index >= 15 is 0 Å². The van der Waals surface area contributed by atoms with Crippen LogP contribution >= 0.6 is 0 Å². The Bertz CT molecular complexity index is 502. The highest BCUT2D eigenvalue weighted by Crippen LogP contribution is 2.14. The van der Waals surface area contributed by atoms with E-state index in [0.717, 1.165) is 17.8 Å². The zero-order chi connectivity index (χ0) is 12.8. The van der Waals surface area contributed by atoms with Crippen molar-refractivity contribution in [2.75, 3.05) is 12.4 Å². The highest BCUT2D eigenvalue weighted by molar-refractivity contribution is 5.57. The molecular weight excluding hydrogens is 222 g/mol. The van der Waals surface area contributed by atoms with Gasteiger partial charge in [-0.25, -0.2) is 0 Å². The molecule has 0 radical (unpaired) electrons. The van der Waals surface area contributed by atoms with Crippen LogP contribution in [0.1, 0.15) is 11.1 Å². The number of para-hydroxylation sites is 1. The van der Waals surface area contributed by atoms with Crippen molar-refractivity contribution in [2.45, 2.75) is 6.54 Å². The fourth-order valence-electron chi connectivity index (χ4n) is 1.69. The maximum atomic E-state index is 5.10. The molecule has 2 aromatic carbocycles. The summed E-state index contributed by atoms with van der Waals surface area (Å²) in [7, 11) is 1.63. The van der Waals surface area contributed by atoms with Crippen LogP contribution in [0.15, 0.2) is 61.2 Å². The molecular formula is C16H17NO. The van der Waals surface area contributed by atoms with Crippen molar-refractivity contribution in [3.05, 3.63) is 72.3 Å². The maximum absolute atomic E-state index is 5.10. The first-order chi connectivity index (χ1) is 8.79. The van der Waals surface area contributed by atoms with Gasteiger partial charge < -0.3 is 10.1 Å². The third-order valence-corrected chi connectivity index (χ3v) is 2.79. The van der Waals surface area contributed by atoms with Crippen molar-refractivity contribution >= 4 is 11.4 Å². The Hall–Kier alpha value is -2.22. The molecule has 92 valence electrons. The quantitative estimate of drug-likeness (QED) is 0.798. The number of anilines is 1. The summed E-state index contributed by atoms with van der Waals surface area (Å²) in [6.07, 6.45) is 0. The summed E-state index contributed by atoms with van der Waals surface area (Å²) in [5.41, 5.74) is 3.37. The number of rotatable bonds is 5. The molecule has 0 saturated heterocycles. The van der Waals surface area contributed by atoms with Gasteiger partial charge >= 0.3 is 0 Å². The number of benzene rings is 2. The molecule has 0 spiro atoms. The lowest BCUT2D eigenvalue weighted by Crippen LogP contribution is -1.99. The number of hydrogen-bond donors (Lipinski definition) is 1. The zero-order valence-corrected chi connectivity index (χ0v) is 10.5. The molecule has 2 aromatic rings. The molecule has 0 fully saturated rings. The van der Waals surface area contributed by atoms with Gasteiger partial charge in [0.25, 0.3) is 0 Å². The average molecular weight is 239 g/mol. The number of hydrogen-bond acceptors (Lipinski definition) is 2. The predicted molar refractivity (Wildman–Crippen MR) is 76.3 cm³/mol. The second-order valence-electron chi connectivity index (χ2n) is 4.04. The van der Waals surface area contributed by atoms with Crippen molar-refractivity contribution < 1.29 is 4.74 Å². The summed E-state index contributed by atoms with van der Waals surface area (Å²) in [5.74, 6) is 0.692. The van der Waals surface area contributed by atoms with Crippen LogP contribution in [0.5, 0.6) is 0 Å². The van der Waals surface area contributed by atoms with Crippen molar-refractivity contribution in [1.82, 2.24) is 0 Å². The Morgan fingerprint density at radius 3 is 2.33 bits per heavy atom. The second kappa shape index (κ2) is 5.92. The Morgan fingerprint density at radius 2 is 1.72 bits per heavy atom. The van der Waals surface area contributed by atoms with Gasteiger partial charge in [0.05, 0.1) is 7.11 Å². The van der Waals surface area contributed by atoms with Gasteiger partial charge in [0.1, 0.15) is 5.76 Å². The fourth-order valence-corrected chi connectivity index (χ4v) is 1.69. The number of methoxy groups -OCH3 is 1. The minimum absolute atomic E-state index is 0.692. The minimum atomic E-state index is 0.692. The van der Waals surface area contributed by atoms with E-state index in [2.05, 4.69) is 36.2 Å². The number of ether oxygens (including phenoxy) is 1. The SMILES string of the molecule is C=C(OC)c1ccc(CNc2ccccc2)cc1. The van der Waals surface area contributed by atoms with Gasteiger partial charge in [0, 0.05) is 17.8 Å². The minimum Gasteiger partial charge on any atom is -0.497 e. The Kier molecular flexibility index (Phi) is 4.02. The van der Waals surface area contributed by atoms with Crippen molar-refractivity contribution in [2.24, 2.45) is 0 Å². The van der Waals surface area contributed by atoms with Gasteiger partial charge in [-0.1, -0.05) is 49.0 Å². The molecule has 0 saturated carbocycles. The van der Waals surface area contributed by atoms with Crippen molar-refractivity contribution in [3.63, 3.8) is 0 Å². The molecule has 0 unspecified atom stereocenters. The molecule has 0 heterocycles. The van der Waals surface area contributed by atoms with E-state index in [9.17, 15) is 0 Å². The van der Waals surface area contributed by atoms with Gasteiger partial charge in [-0.3, -0.25) is 0 Å². The third kappa shape index (κ3) is 3.14. The molecule has 2 heteroatoms. The molecule has 0 atom stereocenters. The molecule has 0 bridgehead atoms. The predicted octanol–water partition coefficient (Wildman–Crippen LogP) is 3.92. The lowest BCUT2D eigenvalue weighted by molar-refractivity contribution is 0.371. The molecule has 0 amide bonds. The van der Waals surface area contributed by atoms with E-state index < -0.39 is 0 Å². The Morgan fingerprint density at radius 1 is 1.06 bits per heavy atom. The van der Waals surface area contributed by atoms with Crippen molar-refractivity contribution in [3.8, 4) is 0 Å². The van der Waals surface area contributed by atoms with Crippen LogP contribution in [0.3, 0.4) is 0 Å². The summed E-state index contributed by atoms with van der Waals surface area (Å²) in [5, 5.41) is 3.37. The van der Waals surface area contributed by atoms with Gasteiger partial charge in [-0.15, -0.1) is 0 Å². The molecule has 0 aliphatic heterocycles. The van der Waals surface area contributed by atoms with Gasteiger partial charge in [-0.2, -0.15) is 0 Å². The fraction of sp³-hybridized carbons (Fsp3) is 0.125. The highest BCUT2D eigenvalue weighted by atomic mass is 16.5. The number of nitrogens with one attached hydrogen (secondary N) is 1. The standard InChI is InChI=1S/C16H17NO/c1-13(18-2)15-10-8-14(9-11-15)12-17-16-6-4-3-5-7-16/h3-11,17H,1,12H2,2H3. The first-order valence-electron chi connectivity index (χ1n) is 5.91. The molecule has 2 rings (SSSR count). The normalized spacial score (nSPS) is 9.83. The molecule has 18 heavy (non-hydrogen) atoms. The largest absolute Gasteiger partial charge is 0.497 e. The van der Waals surface area contributed by atoms with Crippen LogP contribution in [0.2, 0.25) is 0 Å². The monoisotopic (exact) mass is 239 g/mol. The van der Waals surface area contributed by atoms with Crippen LogP contribution in [0.4, 0.5) is 5.69 Å². The van der Waals surface area contributed by atoms with Crippen molar-refractivity contribution in [1.29, 1.82) is 0 Å². The van der Waals surface area contributed by atoms with Crippen LogP contribution in [0.25, 0.3) is 5.76 Å². The van der Waals surface area contributed by atoms with E-state index in [4.69, 9.17) is 4.74 Å². The first-order valence-corrected chi connectivity index (χ1v) is 5.91. The first kappa shape index (κ1) is 12.2. The summed E-state index contributed by atoms with van der Waals surface area (Å²) in [6, 6.07) is 18.4.